The van der Waals surface area contributed by atoms with Crippen molar-refractivity contribution in [3.8, 4) is 0 Å². The second-order valence-electron chi connectivity index (χ2n) is 4.35. The molecule has 0 amide bonds. The van der Waals surface area contributed by atoms with E-state index in [4.69, 9.17) is 16.3 Å². The molecule has 0 atom stereocenters. The Morgan fingerprint density at radius 2 is 2.12 bits per heavy atom. The molecule has 4 heteroatoms. The molecule has 0 bridgehead atoms. The molecule has 0 aliphatic rings. The first-order valence-corrected chi connectivity index (χ1v) is 7.03. The Bertz CT molecular complexity index is 344. The Kier molecular flexibility index (Phi) is 6.93. The third kappa shape index (κ3) is 6.29. The highest BCUT2D eigenvalue weighted by Crippen LogP contribution is 2.25. The molecule has 0 heterocycles. The summed E-state index contributed by atoms with van der Waals surface area (Å²) in [6.45, 7) is 6.76. The van der Waals surface area contributed by atoms with Crippen LogP contribution in [0.4, 0.5) is 5.69 Å². The molecule has 0 fully saturated rings. The lowest BCUT2D eigenvalue weighted by Gasteiger charge is -2.10. The van der Waals surface area contributed by atoms with E-state index in [2.05, 4.69) is 35.1 Å². The van der Waals surface area contributed by atoms with Gasteiger partial charge in [0.2, 0.25) is 0 Å². The maximum Gasteiger partial charge on any atom is 0.0639 e. The van der Waals surface area contributed by atoms with Gasteiger partial charge in [-0.1, -0.05) is 25.4 Å². The topological polar surface area (TPSA) is 21.3 Å². The zero-order valence-corrected chi connectivity index (χ0v) is 12.6. The van der Waals surface area contributed by atoms with E-state index in [9.17, 15) is 0 Å². The van der Waals surface area contributed by atoms with Crippen LogP contribution in [0.25, 0.3) is 0 Å². The minimum Gasteiger partial charge on any atom is -0.382 e. The molecule has 1 N–H and O–H groups in total. The van der Waals surface area contributed by atoms with Crippen LogP contribution in [0.3, 0.4) is 0 Å². The summed E-state index contributed by atoms with van der Waals surface area (Å²) in [6, 6.07) is 5.71. The molecule has 0 saturated heterocycles. The van der Waals surface area contributed by atoms with Crippen molar-refractivity contribution in [2.24, 2.45) is 5.92 Å². The minimum absolute atomic E-state index is 0.702. The van der Waals surface area contributed by atoms with Crippen molar-refractivity contribution in [2.45, 2.75) is 20.3 Å². The van der Waals surface area contributed by atoms with Gasteiger partial charge in [-0.05, 0) is 46.5 Å². The zero-order chi connectivity index (χ0) is 12.7. The quantitative estimate of drug-likeness (QED) is 0.743. The highest BCUT2D eigenvalue weighted by atomic mass is 79.9. The van der Waals surface area contributed by atoms with Crippen LogP contribution in [0.1, 0.15) is 20.3 Å². The second-order valence-corrected chi connectivity index (χ2v) is 5.64. The molecule has 1 aromatic rings. The SMILES string of the molecule is CC(C)CCOCCNc1ccc(Cl)cc1Br. The molecule has 96 valence electrons. The van der Waals surface area contributed by atoms with E-state index in [1.165, 1.54) is 0 Å². The molecule has 17 heavy (non-hydrogen) atoms. The van der Waals surface area contributed by atoms with Crippen LogP contribution in [0.15, 0.2) is 22.7 Å². The third-order valence-electron chi connectivity index (χ3n) is 2.33. The van der Waals surface area contributed by atoms with Crippen LogP contribution in [-0.4, -0.2) is 19.8 Å². The summed E-state index contributed by atoms with van der Waals surface area (Å²) in [5.74, 6) is 0.702. The molecule has 2 nitrogen and oxygen atoms in total. The van der Waals surface area contributed by atoms with Gasteiger partial charge in [0, 0.05) is 28.3 Å². The first-order chi connectivity index (χ1) is 8.09. The fourth-order valence-corrected chi connectivity index (χ4v) is 2.13. The molecule has 0 spiro atoms. The van der Waals surface area contributed by atoms with Crippen molar-refractivity contribution in [3.05, 3.63) is 27.7 Å². The van der Waals surface area contributed by atoms with Crippen molar-refractivity contribution in [1.82, 2.24) is 0 Å². The summed E-state index contributed by atoms with van der Waals surface area (Å²) in [5, 5.41) is 4.03. The Morgan fingerprint density at radius 3 is 2.76 bits per heavy atom. The monoisotopic (exact) mass is 319 g/mol. The van der Waals surface area contributed by atoms with E-state index in [-0.39, 0.29) is 0 Å². The van der Waals surface area contributed by atoms with E-state index in [0.29, 0.717) is 5.92 Å². The number of nitrogens with one attached hydrogen (secondary N) is 1. The summed E-state index contributed by atoms with van der Waals surface area (Å²) in [4.78, 5) is 0. The van der Waals surface area contributed by atoms with E-state index < -0.39 is 0 Å². The van der Waals surface area contributed by atoms with Crippen molar-refractivity contribution >= 4 is 33.2 Å². The summed E-state index contributed by atoms with van der Waals surface area (Å²) in [6.07, 6.45) is 1.12. The first kappa shape index (κ1) is 14.8. The van der Waals surface area contributed by atoms with E-state index in [1.807, 2.05) is 18.2 Å². The molecule has 1 aromatic carbocycles. The minimum atomic E-state index is 0.702. The van der Waals surface area contributed by atoms with Gasteiger partial charge in [-0.25, -0.2) is 0 Å². The van der Waals surface area contributed by atoms with Crippen LogP contribution in [0.2, 0.25) is 5.02 Å². The maximum absolute atomic E-state index is 5.87. The van der Waals surface area contributed by atoms with Gasteiger partial charge in [-0.3, -0.25) is 0 Å². The van der Waals surface area contributed by atoms with Crippen LogP contribution in [0, 0.1) is 5.92 Å². The van der Waals surface area contributed by atoms with Gasteiger partial charge in [0.1, 0.15) is 0 Å². The average molecular weight is 321 g/mol. The molecule has 1 rings (SSSR count). The molecule has 0 aliphatic carbocycles. The molecular weight excluding hydrogens is 302 g/mol. The smallest absolute Gasteiger partial charge is 0.0639 e. The maximum atomic E-state index is 5.87. The van der Waals surface area contributed by atoms with Gasteiger partial charge < -0.3 is 10.1 Å². The fourth-order valence-electron chi connectivity index (χ4n) is 1.31. The average Bonchev–Trinajstić information content (AvgIpc) is 2.25. The van der Waals surface area contributed by atoms with Gasteiger partial charge in [-0.15, -0.1) is 0 Å². The number of anilines is 1. The van der Waals surface area contributed by atoms with Crippen molar-refractivity contribution < 1.29 is 4.74 Å². The Labute approximate surface area is 117 Å². The fraction of sp³-hybridized carbons (Fsp3) is 0.538. The van der Waals surface area contributed by atoms with E-state index in [0.717, 1.165) is 41.4 Å². The number of hydrogen-bond donors (Lipinski definition) is 1. The van der Waals surface area contributed by atoms with Gasteiger partial charge in [0.25, 0.3) is 0 Å². The van der Waals surface area contributed by atoms with E-state index >= 15 is 0 Å². The van der Waals surface area contributed by atoms with Gasteiger partial charge >= 0.3 is 0 Å². The highest BCUT2D eigenvalue weighted by molar-refractivity contribution is 9.10. The van der Waals surface area contributed by atoms with Gasteiger partial charge in [0.05, 0.1) is 6.61 Å². The molecule has 0 unspecified atom stereocenters. The van der Waals surface area contributed by atoms with Crippen molar-refractivity contribution in [1.29, 1.82) is 0 Å². The molecule has 0 radical (unpaired) electrons. The predicted octanol–water partition coefficient (Wildman–Crippen LogP) is 4.58. The van der Waals surface area contributed by atoms with Gasteiger partial charge in [0.15, 0.2) is 0 Å². The second kappa shape index (κ2) is 7.96. The third-order valence-corrected chi connectivity index (χ3v) is 3.22. The Hall–Kier alpha value is -0.250. The van der Waals surface area contributed by atoms with Crippen molar-refractivity contribution in [3.63, 3.8) is 0 Å². The summed E-state index contributed by atoms with van der Waals surface area (Å²) >= 11 is 9.33. The molecule has 0 aromatic heterocycles. The predicted molar refractivity (Wildman–Crippen MR) is 77.9 cm³/mol. The van der Waals surface area contributed by atoms with Crippen LogP contribution in [-0.2, 0) is 4.74 Å². The largest absolute Gasteiger partial charge is 0.382 e. The van der Waals surface area contributed by atoms with Crippen LogP contribution >= 0.6 is 27.5 Å². The normalized spacial score (nSPS) is 10.9. The zero-order valence-electron chi connectivity index (χ0n) is 10.3. The summed E-state index contributed by atoms with van der Waals surface area (Å²) in [7, 11) is 0. The summed E-state index contributed by atoms with van der Waals surface area (Å²) < 4.78 is 6.50. The Morgan fingerprint density at radius 1 is 1.35 bits per heavy atom. The number of hydrogen-bond acceptors (Lipinski definition) is 2. The van der Waals surface area contributed by atoms with Crippen LogP contribution in [0.5, 0.6) is 0 Å². The van der Waals surface area contributed by atoms with Crippen molar-refractivity contribution in [2.75, 3.05) is 25.1 Å². The standard InChI is InChI=1S/C13H19BrClNO/c1-10(2)5-7-17-8-6-16-13-4-3-11(15)9-12(13)14/h3-4,9-10,16H,5-8H2,1-2H3. The highest BCUT2D eigenvalue weighted by Gasteiger charge is 1.99. The number of benzene rings is 1. The van der Waals surface area contributed by atoms with Gasteiger partial charge in [-0.2, -0.15) is 0 Å². The van der Waals surface area contributed by atoms with Crippen LogP contribution < -0.4 is 5.32 Å². The molecule has 0 saturated carbocycles. The Balaban J connectivity index is 2.18. The van der Waals surface area contributed by atoms with E-state index in [1.54, 1.807) is 0 Å². The lowest BCUT2D eigenvalue weighted by molar-refractivity contribution is 0.132. The summed E-state index contributed by atoms with van der Waals surface area (Å²) in [5.41, 5.74) is 1.04. The first-order valence-electron chi connectivity index (χ1n) is 5.86. The lowest BCUT2D eigenvalue weighted by atomic mass is 10.1. The molecular formula is C13H19BrClNO. The number of halogens is 2. The number of rotatable bonds is 7. The molecule has 0 aliphatic heterocycles. The number of ether oxygens (including phenoxy) is 1. The lowest BCUT2D eigenvalue weighted by Crippen LogP contribution is -2.11.